The Hall–Kier alpha value is -3.06. The first kappa shape index (κ1) is 34.3. The molecule has 0 aliphatic carbocycles. The number of ether oxygens (including phenoxy) is 4. The normalized spacial score (nSPS) is 20.0. The summed E-state index contributed by atoms with van der Waals surface area (Å²) in [5.41, 5.74) is -4.16. The molecule has 0 saturated carbocycles. The van der Waals surface area contributed by atoms with Crippen LogP contribution in [0.4, 0.5) is 0 Å². The minimum absolute atomic E-state index is 0.0655. The number of hydrogen-bond donors (Lipinski definition) is 4. The van der Waals surface area contributed by atoms with Gasteiger partial charge in [0.05, 0.1) is 22.3 Å². The van der Waals surface area contributed by atoms with Gasteiger partial charge in [-0.25, -0.2) is 19.2 Å². The van der Waals surface area contributed by atoms with Crippen molar-refractivity contribution in [2.75, 3.05) is 52.4 Å². The van der Waals surface area contributed by atoms with Gasteiger partial charge in [0.2, 0.25) is 0 Å². The van der Waals surface area contributed by atoms with Crippen molar-refractivity contribution in [2.45, 2.75) is 77.8 Å². The van der Waals surface area contributed by atoms with Gasteiger partial charge in [0.25, 0.3) is 0 Å². The van der Waals surface area contributed by atoms with E-state index in [9.17, 15) is 19.2 Å². The fourth-order valence-electron chi connectivity index (χ4n) is 5.91. The molecule has 0 aromatic heterocycles. The van der Waals surface area contributed by atoms with Crippen LogP contribution in [-0.4, -0.2) is 98.6 Å². The van der Waals surface area contributed by atoms with Crippen LogP contribution in [0, 0.1) is 23.7 Å². The molecule has 12 nitrogen and oxygen atoms in total. The molecule has 4 N–H and O–H groups in total. The number of carbonyl (C=O) groups excluding carboxylic acids is 4. The molecule has 1 aromatic carbocycles. The predicted molar refractivity (Wildman–Crippen MR) is 170 cm³/mol. The lowest BCUT2D eigenvalue weighted by Crippen LogP contribution is -2.55. The largest absolute Gasteiger partial charge is 0.456 e. The standard InChI is InChI=1S/C34H50N4O8/c1-31(2,19-11-35-12-19)43-27(39)23-9-25(29(41)45-33(5,6)21-15-37-16-21)26(30(42)46-34(7,8)22-17-38-18-22)10-24(23)28(40)44-32(3,4)20-13-36-14-20/h9-10,19-22,35-38H,11-18H2,1-8H3. The van der Waals surface area contributed by atoms with Gasteiger partial charge < -0.3 is 40.2 Å². The number of hydrogen-bond acceptors (Lipinski definition) is 12. The highest BCUT2D eigenvalue weighted by molar-refractivity contribution is 6.10. The fourth-order valence-corrected chi connectivity index (χ4v) is 5.91. The molecular formula is C34H50N4O8. The number of esters is 4. The summed E-state index contributed by atoms with van der Waals surface area (Å²) < 4.78 is 23.9. The van der Waals surface area contributed by atoms with E-state index in [2.05, 4.69) is 21.3 Å². The summed E-state index contributed by atoms with van der Waals surface area (Å²) in [5.74, 6) is -2.94. The quantitative estimate of drug-likeness (QED) is 0.196. The third kappa shape index (κ3) is 6.95. The summed E-state index contributed by atoms with van der Waals surface area (Å²) in [6.07, 6.45) is 0. The second-order valence-electron chi connectivity index (χ2n) is 15.3. The summed E-state index contributed by atoms with van der Waals surface area (Å²) in [6, 6.07) is 2.47. The fraction of sp³-hybridized carbons (Fsp3) is 0.706. The maximum absolute atomic E-state index is 13.9. The Morgan fingerprint density at radius 2 is 0.609 bits per heavy atom. The molecule has 4 fully saturated rings. The van der Waals surface area contributed by atoms with E-state index in [0.717, 1.165) is 0 Å². The highest BCUT2D eigenvalue weighted by Crippen LogP contribution is 2.33. The highest BCUT2D eigenvalue weighted by atomic mass is 16.6. The number of nitrogens with one attached hydrogen (secondary N) is 4. The van der Waals surface area contributed by atoms with E-state index in [1.807, 2.05) is 55.4 Å². The Balaban J connectivity index is 1.57. The van der Waals surface area contributed by atoms with Crippen molar-refractivity contribution in [3.8, 4) is 0 Å². The van der Waals surface area contributed by atoms with E-state index in [-0.39, 0.29) is 45.9 Å². The molecule has 0 spiro atoms. The van der Waals surface area contributed by atoms with Gasteiger partial charge in [-0.05, 0) is 67.5 Å². The van der Waals surface area contributed by atoms with Gasteiger partial charge in [-0.3, -0.25) is 0 Å². The first-order valence-corrected chi connectivity index (χ1v) is 16.4. The maximum Gasteiger partial charge on any atom is 0.339 e. The minimum atomic E-state index is -0.862. The van der Waals surface area contributed by atoms with Crippen molar-refractivity contribution in [3.63, 3.8) is 0 Å². The molecule has 0 unspecified atom stereocenters. The molecule has 0 atom stereocenters. The van der Waals surface area contributed by atoms with Gasteiger partial charge in [0, 0.05) is 76.0 Å². The lowest BCUT2D eigenvalue weighted by molar-refractivity contribution is -0.0472. The van der Waals surface area contributed by atoms with Gasteiger partial charge in [-0.1, -0.05) is 0 Å². The van der Waals surface area contributed by atoms with E-state index in [0.29, 0.717) is 52.4 Å². The minimum Gasteiger partial charge on any atom is -0.456 e. The van der Waals surface area contributed by atoms with Crippen LogP contribution >= 0.6 is 0 Å². The summed E-state index contributed by atoms with van der Waals surface area (Å²) in [5, 5.41) is 12.7. The molecule has 4 aliphatic heterocycles. The Morgan fingerprint density at radius 1 is 0.435 bits per heavy atom. The van der Waals surface area contributed by atoms with E-state index in [1.54, 1.807) is 0 Å². The second kappa shape index (κ2) is 12.5. The van der Waals surface area contributed by atoms with Crippen LogP contribution in [-0.2, 0) is 18.9 Å². The van der Waals surface area contributed by atoms with Gasteiger partial charge in [-0.2, -0.15) is 0 Å². The molecule has 4 aliphatic rings. The van der Waals surface area contributed by atoms with Gasteiger partial charge in [-0.15, -0.1) is 0 Å². The monoisotopic (exact) mass is 642 g/mol. The van der Waals surface area contributed by atoms with Crippen LogP contribution in [0.3, 0.4) is 0 Å². The Morgan fingerprint density at radius 3 is 0.739 bits per heavy atom. The second-order valence-corrected chi connectivity index (χ2v) is 15.3. The molecule has 4 saturated heterocycles. The molecule has 0 amide bonds. The SMILES string of the molecule is CC(C)(OC(=O)c1cc(C(=O)OC(C)(C)C2CNC2)c(C(=O)OC(C)(C)C2CNC2)cc1C(=O)OC(C)(C)C1CNC1)C1CNC1. The molecule has 0 radical (unpaired) electrons. The molecule has 12 heteroatoms. The van der Waals surface area contributed by atoms with E-state index in [4.69, 9.17) is 18.9 Å². The number of rotatable bonds is 12. The van der Waals surface area contributed by atoms with Crippen molar-refractivity contribution < 1.29 is 38.1 Å². The smallest absolute Gasteiger partial charge is 0.339 e. The zero-order valence-electron chi connectivity index (χ0n) is 28.4. The van der Waals surface area contributed by atoms with E-state index in [1.165, 1.54) is 12.1 Å². The molecular weight excluding hydrogens is 592 g/mol. The molecule has 4 heterocycles. The van der Waals surface area contributed by atoms with Gasteiger partial charge in [0.1, 0.15) is 22.4 Å². The van der Waals surface area contributed by atoms with Crippen molar-refractivity contribution in [2.24, 2.45) is 23.7 Å². The lowest BCUT2D eigenvalue weighted by Gasteiger charge is -2.41. The Kier molecular flexibility index (Phi) is 9.33. The van der Waals surface area contributed by atoms with E-state index >= 15 is 0 Å². The predicted octanol–water partition coefficient (Wildman–Crippen LogP) is 2.31. The van der Waals surface area contributed by atoms with Crippen molar-refractivity contribution in [1.29, 1.82) is 0 Å². The van der Waals surface area contributed by atoms with Crippen LogP contribution in [0.25, 0.3) is 0 Å². The van der Waals surface area contributed by atoms with E-state index < -0.39 is 46.3 Å². The first-order chi connectivity index (χ1) is 21.4. The summed E-state index contributed by atoms with van der Waals surface area (Å²) in [4.78, 5) is 55.7. The Labute approximate surface area is 271 Å². The summed E-state index contributed by atoms with van der Waals surface area (Å²) >= 11 is 0. The number of carbonyl (C=O) groups is 4. The summed E-state index contributed by atoms with van der Waals surface area (Å²) in [6.45, 7) is 19.9. The molecule has 0 bridgehead atoms. The van der Waals surface area contributed by atoms with Crippen molar-refractivity contribution in [3.05, 3.63) is 34.4 Å². The van der Waals surface area contributed by atoms with Gasteiger partial charge >= 0.3 is 23.9 Å². The zero-order chi connectivity index (χ0) is 33.7. The first-order valence-electron chi connectivity index (χ1n) is 16.4. The van der Waals surface area contributed by atoms with Crippen LogP contribution < -0.4 is 21.3 Å². The number of benzene rings is 1. The topological polar surface area (TPSA) is 153 Å². The van der Waals surface area contributed by atoms with Crippen LogP contribution in [0.2, 0.25) is 0 Å². The van der Waals surface area contributed by atoms with Crippen LogP contribution in [0.1, 0.15) is 96.8 Å². The molecule has 1 aromatic rings. The molecule has 5 rings (SSSR count). The average molecular weight is 643 g/mol. The lowest BCUT2D eigenvalue weighted by atomic mass is 9.85. The third-order valence-corrected chi connectivity index (χ3v) is 10.5. The Bertz CT molecular complexity index is 1170. The zero-order valence-corrected chi connectivity index (χ0v) is 28.4. The third-order valence-electron chi connectivity index (χ3n) is 10.5. The van der Waals surface area contributed by atoms with Crippen molar-refractivity contribution >= 4 is 23.9 Å². The van der Waals surface area contributed by atoms with Crippen molar-refractivity contribution in [1.82, 2.24) is 21.3 Å². The van der Waals surface area contributed by atoms with Crippen LogP contribution in [0.15, 0.2) is 12.1 Å². The van der Waals surface area contributed by atoms with Gasteiger partial charge in [0.15, 0.2) is 0 Å². The molecule has 254 valence electrons. The maximum atomic E-state index is 13.9. The molecule has 46 heavy (non-hydrogen) atoms. The van der Waals surface area contributed by atoms with Crippen LogP contribution in [0.5, 0.6) is 0 Å². The highest BCUT2D eigenvalue weighted by Gasteiger charge is 2.44. The summed E-state index contributed by atoms with van der Waals surface area (Å²) in [7, 11) is 0. The average Bonchev–Trinajstić information content (AvgIpc) is 2.75.